The van der Waals surface area contributed by atoms with Crippen molar-refractivity contribution < 1.29 is 18.7 Å². The number of ether oxygens (including phenoxy) is 1. The van der Waals surface area contributed by atoms with Gasteiger partial charge in [-0.1, -0.05) is 29.8 Å². The molecule has 0 aliphatic rings. The van der Waals surface area contributed by atoms with Crippen LogP contribution in [0.2, 0.25) is 0 Å². The third-order valence-corrected chi connectivity index (χ3v) is 3.12. The largest absolute Gasteiger partial charge is 0.478 e. The molecular weight excluding hydrogens is 299 g/mol. The summed E-state index contributed by atoms with van der Waals surface area (Å²) in [5.74, 6) is -1.62. The van der Waals surface area contributed by atoms with E-state index >= 15 is 0 Å². The molecule has 0 heterocycles. The van der Waals surface area contributed by atoms with Gasteiger partial charge in [-0.15, -0.1) is 0 Å². The number of amides is 2. The van der Waals surface area contributed by atoms with Gasteiger partial charge in [-0.05, 0) is 38.1 Å². The lowest BCUT2D eigenvalue weighted by Gasteiger charge is -2.15. The number of hydrogen-bond acceptors (Lipinski definition) is 3. The van der Waals surface area contributed by atoms with Gasteiger partial charge in [0.15, 0.2) is 17.7 Å². The summed E-state index contributed by atoms with van der Waals surface area (Å²) in [6.07, 6.45) is -0.967. The van der Waals surface area contributed by atoms with Crippen LogP contribution in [0, 0.1) is 12.7 Å². The lowest BCUT2D eigenvalue weighted by Crippen LogP contribution is -2.47. The minimum atomic E-state index is -0.967. The van der Waals surface area contributed by atoms with Crippen molar-refractivity contribution >= 4 is 11.8 Å². The smallest absolute Gasteiger partial charge is 0.279 e. The molecule has 23 heavy (non-hydrogen) atoms. The fraction of sp³-hybridized carbons (Fsp3) is 0.176. The Balaban J connectivity index is 1.87. The molecule has 0 aliphatic carbocycles. The van der Waals surface area contributed by atoms with E-state index in [1.807, 2.05) is 6.92 Å². The molecule has 6 heteroatoms. The molecule has 2 aromatic carbocycles. The van der Waals surface area contributed by atoms with E-state index in [9.17, 15) is 14.0 Å². The van der Waals surface area contributed by atoms with E-state index < -0.39 is 23.7 Å². The first-order valence-corrected chi connectivity index (χ1v) is 7.05. The van der Waals surface area contributed by atoms with Crippen LogP contribution in [0.4, 0.5) is 4.39 Å². The Hall–Kier alpha value is -2.89. The summed E-state index contributed by atoms with van der Waals surface area (Å²) in [7, 11) is 0. The van der Waals surface area contributed by atoms with E-state index in [0.717, 1.165) is 5.56 Å². The predicted octanol–water partition coefficient (Wildman–Crippen LogP) is 2.36. The number of hydrogen-bond donors (Lipinski definition) is 2. The molecule has 5 nitrogen and oxygen atoms in total. The zero-order chi connectivity index (χ0) is 16.8. The van der Waals surface area contributed by atoms with Gasteiger partial charge in [-0.25, -0.2) is 4.39 Å². The molecule has 0 bridgehead atoms. The van der Waals surface area contributed by atoms with E-state index in [-0.39, 0.29) is 5.75 Å². The molecule has 120 valence electrons. The van der Waals surface area contributed by atoms with Crippen molar-refractivity contribution in [2.75, 3.05) is 0 Å². The maximum absolute atomic E-state index is 13.5. The molecule has 2 rings (SSSR count). The van der Waals surface area contributed by atoms with Gasteiger partial charge in [0.2, 0.25) is 0 Å². The Morgan fingerprint density at radius 3 is 2.35 bits per heavy atom. The highest BCUT2D eigenvalue weighted by atomic mass is 19.1. The first-order chi connectivity index (χ1) is 11.0. The molecule has 0 saturated carbocycles. The highest BCUT2D eigenvalue weighted by molar-refractivity contribution is 5.95. The van der Waals surface area contributed by atoms with Gasteiger partial charge in [-0.3, -0.25) is 20.4 Å². The first kappa shape index (κ1) is 16.5. The minimum absolute atomic E-state index is 0.0278. The van der Waals surface area contributed by atoms with Crippen molar-refractivity contribution in [3.8, 4) is 5.75 Å². The SMILES string of the molecule is Cc1ccc(C(=O)NNC(=O)C(C)Oc2ccccc2F)cc1. The topological polar surface area (TPSA) is 67.4 Å². The molecule has 0 saturated heterocycles. The fourth-order valence-corrected chi connectivity index (χ4v) is 1.78. The van der Waals surface area contributed by atoms with E-state index in [2.05, 4.69) is 10.9 Å². The Bertz CT molecular complexity index is 701. The highest BCUT2D eigenvalue weighted by Gasteiger charge is 2.17. The molecule has 0 spiro atoms. The number of carbonyl (C=O) groups is 2. The van der Waals surface area contributed by atoms with Crippen LogP contribution in [-0.2, 0) is 4.79 Å². The van der Waals surface area contributed by atoms with Crippen LogP contribution in [0.5, 0.6) is 5.75 Å². The van der Waals surface area contributed by atoms with Gasteiger partial charge in [-0.2, -0.15) is 0 Å². The van der Waals surface area contributed by atoms with Gasteiger partial charge < -0.3 is 4.74 Å². The van der Waals surface area contributed by atoms with Gasteiger partial charge in [0.25, 0.3) is 11.8 Å². The van der Waals surface area contributed by atoms with E-state index in [1.165, 1.54) is 25.1 Å². The molecule has 0 aliphatic heterocycles. The second-order valence-corrected chi connectivity index (χ2v) is 5.00. The van der Waals surface area contributed by atoms with Crippen LogP contribution in [-0.4, -0.2) is 17.9 Å². The van der Waals surface area contributed by atoms with E-state index in [0.29, 0.717) is 5.56 Å². The quantitative estimate of drug-likeness (QED) is 0.851. The van der Waals surface area contributed by atoms with Crippen LogP contribution in [0.1, 0.15) is 22.8 Å². The zero-order valence-electron chi connectivity index (χ0n) is 12.8. The zero-order valence-corrected chi connectivity index (χ0v) is 12.8. The number of para-hydroxylation sites is 1. The molecule has 2 aromatic rings. The van der Waals surface area contributed by atoms with Gasteiger partial charge >= 0.3 is 0 Å². The van der Waals surface area contributed by atoms with Crippen LogP contribution in [0.25, 0.3) is 0 Å². The number of halogens is 1. The van der Waals surface area contributed by atoms with Crippen molar-refractivity contribution in [3.05, 3.63) is 65.5 Å². The van der Waals surface area contributed by atoms with E-state index in [4.69, 9.17) is 4.74 Å². The average molecular weight is 316 g/mol. The molecule has 1 unspecified atom stereocenters. The van der Waals surface area contributed by atoms with Crippen molar-refractivity contribution in [1.82, 2.24) is 10.9 Å². The van der Waals surface area contributed by atoms with Crippen molar-refractivity contribution in [2.45, 2.75) is 20.0 Å². The lowest BCUT2D eigenvalue weighted by molar-refractivity contribution is -0.128. The maximum Gasteiger partial charge on any atom is 0.279 e. The van der Waals surface area contributed by atoms with Crippen LogP contribution in [0.3, 0.4) is 0 Å². The molecule has 2 N–H and O–H groups in total. The number of hydrazine groups is 1. The Morgan fingerprint density at radius 1 is 1.04 bits per heavy atom. The summed E-state index contributed by atoms with van der Waals surface area (Å²) in [5, 5.41) is 0. The summed E-state index contributed by atoms with van der Waals surface area (Å²) < 4.78 is 18.7. The number of rotatable bonds is 4. The van der Waals surface area contributed by atoms with Gasteiger partial charge in [0.05, 0.1) is 0 Å². The molecular formula is C17H17FN2O3. The van der Waals surface area contributed by atoms with Crippen molar-refractivity contribution in [1.29, 1.82) is 0 Å². The van der Waals surface area contributed by atoms with Crippen molar-refractivity contribution in [3.63, 3.8) is 0 Å². The average Bonchev–Trinajstić information content (AvgIpc) is 2.55. The molecule has 0 aromatic heterocycles. The van der Waals surface area contributed by atoms with Crippen LogP contribution >= 0.6 is 0 Å². The number of carbonyl (C=O) groups excluding carboxylic acids is 2. The highest BCUT2D eigenvalue weighted by Crippen LogP contribution is 2.16. The standard InChI is InChI=1S/C17H17FN2O3/c1-11-7-9-13(10-8-11)17(22)20-19-16(21)12(2)23-15-6-4-3-5-14(15)18/h3-10,12H,1-2H3,(H,19,21)(H,20,22). The number of aryl methyl sites for hydroxylation is 1. The number of benzene rings is 2. The molecule has 2 amide bonds. The normalized spacial score (nSPS) is 11.4. The predicted molar refractivity (Wildman–Crippen MR) is 83.3 cm³/mol. The number of nitrogens with one attached hydrogen (secondary N) is 2. The summed E-state index contributed by atoms with van der Waals surface area (Å²) in [4.78, 5) is 23.7. The summed E-state index contributed by atoms with van der Waals surface area (Å²) in [5.41, 5.74) is 5.98. The minimum Gasteiger partial charge on any atom is -0.478 e. The van der Waals surface area contributed by atoms with E-state index in [1.54, 1.807) is 30.3 Å². The summed E-state index contributed by atoms with van der Waals surface area (Å²) >= 11 is 0. The third kappa shape index (κ3) is 4.54. The molecule has 0 radical (unpaired) electrons. The second-order valence-electron chi connectivity index (χ2n) is 5.00. The maximum atomic E-state index is 13.5. The Morgan fingerprint density at radius 2 is 1.70 bits per heavy atom. The Kier molecular flexibility index (Phi) is 5.30. The Labute approximate surface area is 133 Å². The van der Waals surface area contributed by atoms with Crippen LogP contribution < -0.4 is 15.6 Å². The summed E-state index contributed by atoms with van der Waals surface area (Å²) in [6, 6.07) is 12.7. The molecule has 0 fully saturated rings. The van der Waals surface area contributed by atoms with Crippen molar-refractivity contribution in [2.24, 2.45) is 0 Å². The second kappa shape index (κ2) is 7.40. The first-order valence-electron chi connectivity index (χ1n) is 7.05. The molecule has 1 atom stereocenters. The monoisotopic (exact) mass is 316 g/mol. The van der Waals surface area contributed by atoms with Gasteiger partial charge in [0, 0.05) is 5.56 Å². The lowest BCUT2D eigenvalue weighted by atomic mass is 10.1. The van der Waals surface area contributed by atoms with Crippen LogP contribution in [0.15, 0.2) is 48.5 Å². The summed E-state index contributed by atoms with van der Waals surface area (Å²) in [6.45, 7) is 3.37. The third-order valence-electron chi connectivity index (χ3n) is 3.12. The van der Waals surface area contributed by atoms with Gasteiger partial charge in [0.1, 0.15) is 0 Å². The fourth-order valence-electron chi connectivity index (χ4n) is 1.78.